The number of thiophene rings is 1. The Morgan fingerprint density at radius 1 is 1.22 bits per heavy atom. The molecule has 1 unspecified atom stereocenters. The van der Waals surface area contributed by atoms with Gasteiger partial charge in [-0.2, -0.15) is 0 Å². The standard InChI is InChI=1S/C18H22N4O2S3/c1-6-12-10(4)27-18(19-12)22-15(23)11(5)25-7-13-20-16(24)14-8(2)9(3)26-17(14)21-13/h11H,6-7H2,1-5H3,(H,19,22,23)(H,20,21,24). The molecule has 0 aromatic carbocycles. The van der Waals surface area contributed by atoms with E-state index in [2.05, 4.69) is 20.3 Å². The van der Waals surface area contributed by atoms with E-state index < -0.39 is 0 Å². The number of H-pyrrole nitrogens is 1. The molecule has 0 radical (unpaired) electrons. The van der Waals surface area contributed by atoms with Crippen molar-refractivity contribution >= 4 is 55.7 Å². The van der Waals surface area contributed by atoms with Gasteiger partial charge in [-0.3, -0.25) is 9.59 Å². The molecule has 27 heavy (non-hydrogen) atoms. The SMILES string of the molecule is CCc1nc(NC(=O)C(C)SCc2nc3sc(C)c(C)c3c(=O)[nH]2)sc1C. The highest BCUT2D eigenvalue weighted by Gasteiger charge is 2.18. The number of hydrogen-bond acceptors (Lipinski definition) is 7. The summed E-state index contributed by atoms with van der Waals surface area (Å²) in [5.41, 5.74) is 1.90. The molecule has 3 aromatic heterocycles. The van der Waals surface area contributed by atoms with E-state index in [0.717, 1.165) is 32.3 Å². The van der Waals surface area contributed by atoms with Gasteiger partial charge in [0, 0.05) is 9.75 Å². The summed E-state index contributed by atoms with van der Waals surface area (Å²) in [5, 5.41) is 3.91. The van der Waals surface area contributed by atoms with Gasteiger partial charge in [-0.05, 0) is 39.7 Å². The van der Waals surface area contributed by atoms with E-state index in [4.69, 9.17) is 0 Å². The van der Waals surface area contributed by atoms with Gasteiger partial charge in [0.1, 0.15) is 10.7 Å². The number of amides is 1. The molecule has 0 aliphatic rings. The third kappa shape index (κ3) is 4.25. The van der Waals surface area contributed by atoms with Gasteiger partial charge in [-0.25, -0.2) is 9.97 Å². The number of rotatable bonds is 6. The van der Waals surface area contributed by atoms with Crippen LogP contribution in [0.4, 0.5) is 5.13 Å². The lowest BCUT2D eigenvalue weighted by molar-refractivity contribution is -0.115. The Balaban J connectivity index is 1.66. The van der Waals surface area contributed by atoms with Crippen LogP contribution in [-0.4, -0.2) is 26.1 Å². The van der Waals surface area contributed by atoms with Crippen LogP contribution in [0, 0.1) is 20.8 Å². The molecule has 3 heterocycles. The maximum absolute atomic E-state index is 12.4. The highest BCUT2D eigenvalue weighted by atomic mass is 32.2. The van der Waals surface area contributed by atoms with Crippen LogP contribution in [0.3, 0.4) is 0 Å². The van der Waals surface area contributed by atoms with Gasteiger partial charge in [0.15, 0.2) is 5.13 Å². The van der Waals surface area contributed by atoms with E-state index in [1.807, 2.05) is 34.6 Å². The number of aromatic nitrogens is 3. The number of nitrogens with zero attached hydrogens (tertiary/aromatic N) is 2. The van der Waals surface area contributed by atoms with Crippen molar-refractivity contribution in [2.75, 3.05) is 5.32 Å². The summed E-state index contributed by atoms with van der Waals surface area (Å²) in [6.07, 6.45) is 0.853. The van der Waals surface area contributed by atoms with Crippen molar-refractivity contribution in [3.05, 3.63) is 37.2 Å². The topological polar surface area (TPSA) is 87.7 Å². The van der Waals surface area contributed by atoms with Gasteiger partial charge in [0.25, 0.3) is 5.56 Å². The number of nitrogens with one attached hydrogen (secondary N) is 2. The van der Waals surface area contributed by atoms with Crippen molar-refractivity contribution in [1.29, 1.82) is 0 Å². The van der Waals surface area contributed by atoms with Gasteiger partial charge in [-0.15, -0.1) is 34.4 Å². The Morgan fingerprint density at radius 3 is 2.63 bits per heavy atom. The minimum Gasteiger partial charge on any atom is -0.309 e. The smallest absolute Gasteiger partial charge is 0.259 e. The molecule has 0 fully saturated rings. The Labute approximate surface area is 169 Å². The third-order valence-electron chi connectivity index (χ3n) is 4.39. The van der Waals surface area contributed by atoms with Crippen molar-refractivity contribution in [2.24, 2.45) is 0 Å². The molecular weight excluding hydrogens is 400 g/mol. The molecule has 0 saturated carbocycles. The molecule has 0 aliphatic heterocycles. The van der Waals surface area contributed by atoms with E-state index in [1.54, 1.807) is 0 Å². The van der Waals surface area contributed by atoms with Crippen LogP contribution in [0.25, 0.3) is 10.2 Å². The van der Waals surface area contributed by atoms with Crippen LogP contribution in [-0.2, 0) is 17.0 Å². The fourth-order valence-electron chi connectivity index (χ4n) is 2.66. The molecule has 1 atom stereocenters. The summed E-state index contributed by atoms with van der Waals surface area (Å²) >= 11 is 4.46. The second-order valence-electron chi connectivity index (χ2n) is 6.29. The lowest BCUT2D eigenvalue weighted by Crippen LogP contribution is -2.23. The van der Waals surface area contributed by atoms with E-state index in [-0.39, 0.29) is 16.7 Å². The van der Waals surface area contributed by atoms with Crippen LogP contribution in [0.15, 0.2) is 4.79 Å². The van der Waals surface area contributed by atoms with Gasteiger partial charge < -0.3 is 10.3 Å². The highest BCUT2D eigenvalue weighted by molar-refractivity contribution is 7.99. The molecule has 3 aromatic rings. The summed E-state index contributed by atoms with van der Waals surface area (Å²) in [6, 6.07) is 0. The lowest BCUT2D eigenvalue weighted by Gasteiger charge is -2.10. The van der Waals surface area contributed by atoms with Crippen LogP contribution < -0.4 is 10.9 Å². The maximum atomic E-state index is 12.4. The number of thioether (sulfide) groups is 1. The monoisotopic (exact) mass is 422 g/mol. The van der Waals surface area contributed by atoms with E-state index in [0.29, 0.717) is 22.1 Å². The van der Waals surface area contributed by atoms with Gasteiger partial charge >= 0.3 is 0 Å². The van der Waals surface area contributed by atoms with Crippen LogP contribution in [0.2, 0.25) is 0 Å². The van der Waals surface area contributed by atoms with Crippen LogP contribution >= 0.6 is 34.4 Å². The molecule has 6 nitrogen and oxygen atoms in total. The molecule has 0 saturated heterocycles. The molecule has 0 bridgehead atoms. The first kappa shape index (κ1) is 20.0. The Morgan fingerprint density at radius 2 is 1.96 bits per heavy atom. The van der Waals surface area contributed by atoms with Crippen molar-refractivity contribution in [2.45, 2.75) is 52.0 Å². The highest BCUT2D eigenvalue weighted by Crippen LogP contribution is 2.27. The molecule has 0 spiro atoms. The fraction of sp³-hybridized carbons (Fsp3) is 0.444. The van der Waals surface area contributed by atoms with Crippen molar-refractivity contribution in [3.8, 4) is 0 Å². The summed E-state index contributed by atoms with van der Waals surface area (Å²) in [6.45, 7) is 9.84. The first-order valence-corrected chi connectivity index (χ1v) is 11.4. The zero-order valence-corrected chi connectivity index (χ0v) is 18.4. The molecule has 144 valence electrons. The Hall–Kier alpha value is -1.71. The van der Waals surface area contributed by atoms with Gasteiger partial charge in [0.05, 0.1) is 22.1 Å². The number of carbonyl (C=O) groups is 1. The predicted molar refractivity (Wildman–Crippen MR) is 115 cm³/mol. The van der Waals surface area contributed by atoms with Gasteiger partial charge in [-0.1, -0.05) is 6.92 Å². The number of aromatic amines is 1. The van der Waals surface area contributed by atoms with Crippen LogP contribution in [0.5, 0.6) is 0 Å². The Bertz CT molecular complexity index is 1050. The number of anilines is 1. The molecule has 1 amide bonds. The molecule has 9 heteroatoms. The normalized spacial score (nSPS) is 12.5. The number of thiazole rings is 1. The van der Waals surface area contributed by atoms with Crippen molar-refractivity contribution < 1.29 is 4.79 Å². The minimum absolute atomic E-state index is 0.0948. The fourth-order valence-corrected chi connectivity index (χ4v) is 5.37. The minimum atomic E-state index is -0.285. The summed E-state index contributed by atoms with van der Waals surface area (Å²) in [4.78, 5) is 39.6. The van der Waals surface area contributed by atoms with Gasteiger partial charge in [0.2, 0.25) is 5.91 Å². The average Bonchev–Trinajstić information content (AvgIpc) is 3.11. The summed E-state index contributed by atoms with van der Waals surface area (Å²) in [7, 11) is 0. The van der Waals surface area contributed by atoms with Crippen molar-refractivity contribution in [1.82, 2.24) is 15.0 Å². The number of fused-ring (bicyclic) bond motifs is 1. The number of hydrogen-bond donors (Lipinski definition) is 2. The number of carbonyl (C=O) groups excluding carboxylic acids is 1. The summed E-state index contributed by atoms with van der Waals surface area (Å²) < 4.78 is 0. The number of aryl methyl sites for hydroxylation is 4. The van der Waals surface area contributed by atoms with Crippen LogP contribution in [0.1, 0.15) is 40.7 Å². The average molecular weight is 423 g/mol. The Kier molecular flexibility index (Phi) is 6.02. The second-order valence-corrected chi connectivity index (χ2v) is 10.0. The zero-order valence-electron chi connectivity index (χ0n) is 15.9. The quantitative estimate of drug-likeness (QED) is 0.622. The zero-order chi connectivity index (χ0) is 19.7. The first-order chi connectivity index (χ1) is 12.8. The molecule has 0 aliphatic carbocycles. The molecule has 3 rings (SSSR count). The predicted octanol–water partition coefficient (Wildman–Crippen LogP) is 4.19. The van der Waals surface area contributed by atoms with Crippen molar-refractivity contribution in [3.63, 3.8) is 0 Å². The molecular formula is C18H22N4O2S3. The van der Waals surface area contributed by atoms with E-state index in [1.165, 1.54) is 34.4 Å². The maximum Gasteiger partial charge on any atom is 0.259 e. The third-order valence-corrected chi connectivity index (χ3v) is 7.57. The largest absolute Gasteiger partial charge is 0.309 e. The van der Waals surface area contributed by atoms with E-state index in [9.17, 15) is 9.59 Å². The summed E-state index contributed by atoms with van der Waals surface area (Å²) in [5.74, 6) is 0.965. The van der Waals surface area contributed by atoms with E-state index >= 15 is 0 Å². The second kappa shape index (κ2) is 8.12. The lowest BCUT2D eigenvalue weighted by atomic mass is 10.2. The first-order valence-electron chi connectivity index (χ1n) is 8.67. The molecule has 2 N–H and O–H groups in total.